The molecule has 0 bridgehead atoms. The van der Waals surface area contributed by atoms with E-state index in [-0.39, 0.29) is 0 Å². The molecule has 1 atom stereocenters. The van der Waals surface area contributed by atoms with E-state index < -0.39 is 12.0 Å². The first-order chi connectivity index (χ1) is 14.6. The minimum Gasteiger partial charge on any atom is -0.384 e. The number of imidazole rings is 1. The van der Waals surface area contributed by atoms with Crippen molar-refractivity contribution in [3.8, 4) is 11.4 Å². The fourth-order valence-corrected chi connectivity index (χ4v) is 3.55. The summed E-state index contributed by atoms with van der Waals surface area (Å²) in [6.07, 6.45) is 0.932. The number of H-pyrrole nitrogens is 1. The number of carbonyl (C=O) groups is 1. The van der Waals surface area contributed by atoms with Gasteiger partial charge in [-0.2, -0.15) is 0 Å². The van der Waals surface area contributed by atoms with Gasteiger partial charge in [0.15, 0.2) is 0 Å². The number of nitrogens with zero attached hydrogens (tertiary/aromatic N) is 2. The second kappa shape index (κ2) is 7.09. The van der Waals surface area contributed by atoms with Crippen molar-refractivity contribution in [2.75, 3.05) is 0 Å². The summed E-state index contributed by atoms with van der Waals surface area (Å²) in [5, 5.41) is 11.8. The van der Waals surface area contributed by atoms with Crippen molar-refractivity contribution in [3.05, 3.63) is 95.7 Å². The third kappa shape index (κ3) is 3.19. The summed E-state index contributed by atoms with van der Waals surface area (Å²) in [6, 6.07) is 22.5. The summed E-state index contributed by atoms with van der Waals surface area (Å²) in [5.41, 5.74) is 10.5. The smallest absolute Gasteiger partial charge is 0.248 e. The molecule has 1 amide bonds. The van der Waals surface area contributed by atoms with Crippen LogP contribution in [-0.4, -0.2) is 26.0 Å². The van der Waals surface area contributed by atoms with Crippen molar-refractivity contribution in [3.63, 3.8) is 0 Å². The van der Waals surface area contributed by atoms with Crippen LogP contribution < -0.4 is 5.73 Å². The summed E-state index contributed by atoms with van der Waals surface area (Å²) in [4.78, 5) is 23.6. The standard InChI is InChI=1S/C24H18N4O2/c25-23(30)17-9-10-20-21(12-17)28-24(27-20)15-7-5-14(6-8-15)22(29)18-11-16-3-1-2-4-19(16)26-13-18/h1-13,22,29H,(H2,25,30)(H,27,28). The molecule has 1 unspecified atom stereocenters. The monoisotopic (exact) mass is 394 g/mol. The normalized spacial score (nSPS) is 12.3. The van der Waals surface area contributed by atoms with Crippen LogP contribution in [0.1, 0.15) is 27.6 Å². The van der Waals surface area contributed by atoms with Crippen LogP contribution in [0.2, 0.25) is 0 Å². The molecule has 30 heavy (non-hydrogen) atoms. The molecular formula is C24H18N4O2. The lowest BCUT2D eigenvalue weighted by atomic mass is 10.0. The molecule has 3 aromatic carbocycles. The van der Waals surface area contributed by atoms with Crippen molar-refractivity contribution >= 4 is 27.8 Å². The number of amides is 1. The van der Waals surface area contributed by atoms with Gasteiger partial charge in [-0.15, -0.1) is 0 Å². The van der Waals surface area contributed by atoms with Gasteiger partial charge >= 0.3 is 0 Å². The number of aromatic nitrogens is 3. The highest BCUT2D eigenvalue weighted by molar-refractivity contribution is 5.96. The molecule has 0 saturated carbocycles. The minimum atomic E-state index is -0.773. The summed E-state index contributed by atoms with van der Waals surface area (Å²) >= 11 is 0. The number of pyridine rings is 1. The largest absolute Gasteiger partial charge is 0.384 e. The number of nitrogens with one attached hydrogen (secondary N) is 1. The molecule has 4 N–H and O–H groups in total. The van der Waals surface area contributed by atoms with E-state index in [2.05, 4.69) is 15.0 Å². The van der Waals surface area contributed by atoms with Gasteiger partial charge < -0.3 is 15.8 Å². The van der Waals surface area contributed by atoms with Gasteiger partial charge in [0, 0.05) is 28.3 Å². The van der Waals surface area contributed by atoms with E-state index in [0.29, 0.717) is 16.9 Å². The number of primary amides is 1. The fourth-order valence-electron chi connectivity index (χ4n) is 3.55. The number of aliphatic hydroxyl groups is 1. The van der Waals surface area contributed by atoms with Gasteiger partial charge in [-0.05, 0) is 35.9 Å². The Labute approximate surface area is 172 Å². The molecular weight excluding hydrogens is 376 g/mol. The number of rotatable bonds is 4. The number of para-hydroxylation sites is 1. The van der Waals surface area contributed by atoms with E-state index in [1.165, 1.54) is 0 Å². The predicted molar refractivity (Wildman–Crippen MR) is 116 cm³/mol. The molecule has 0 aliphatic rings. The Hall–Kier alpha value is -4.03. The maximum atomic E-state index is 11.4. The van der Waals surface area contributed by atoms with Gasteiger partial charge in [0.1, 0.15) is 11.9 Å². The number of nitrogens with two attached hydrogens (primary N) is 1. The van der Waals surface area contributed by atoms with Crippen LogP contribution in [0.5, 0.6) is 0 Å². The highest BCUT2D eigenvalue weighted by atomic mass is 16.3. The van der Waals surface area contributed by atoms with Crippen LogP contribution >= 0.6 is 0 Å². The average molecular weight is 394 g/mol. The first kappa shape index (κ1) is 18.0. The van der Waals surface area contributed by atoms with Crippen molar-refractivity contribution in [1.29, 1.82) is 0 Å². The Bertz CT molecular complexity index is 1390. The zero-order chi connectivity index (χ0) is 20.7. The number of benzene rings is 3. The van der Waals surface area contributed by atoms with Gasteiger partial charge in [-0.25, -0.2) is 4.98 Å². The van der Waals surface area contributed by atoms with E-state index in [4.69, 9.17) is 5.73 Å². The van der Waals surface area contributed by atoms with Gasteiger partial charge in [0.2, 0.25) is 5.91 Å². The minimum absolute atomic E-state index is 0.419. The Morgan fingerprint density at radius 1 is 0.933 bits per heavy atom. The van der Waals surface area contributed by atoms with E-state index >= 15 is 0 Å². The lowest BCUT2D eigenvalue weighted by molar-refractivity contribution is 0.100. The van der Waals surface area contributed by atoms with E-state index in [1.54, 1.807) is 24.4 Å². The topological polar surface area (TPSA) is 105 Å². The van der Waals surface area contributed by atoms with Crippen LogP contribution in [0.25, 0.3) is 33.3 Å². The molecule has 0 saturated heterocycles. The number of aliphatic hydroxyl groups excluding tert-OH is 1. The number of hydrogen-bond donors (Lipinski definition) is 3. The Morgan fingerprint density at radius 2 is 1.73 bits per heavy atom. The summed E-state index contributed by atoms with van der Waals surface area (Å²) in [7, 11) is 0. The average Bonchev–Trinajstić information content (AvgIpc) is 3.22. The molecule has 5 aromatic rings. The maximum absolute atomic E-state index is 11.4. The predicted octanol–water partition coefficient (Wildman–Crippen LogP) is 3.96. The molecule has 6 nitrogen and oxygen atoms in total. The zero-order valence-corrected chi connectivity index (χ0v) is 15.9. The molecule has 0 aliphatic heterocycles. The first-order valence-electron chi connectivity index (χ1n) is 9.51. The van der Waals surface area contributed by atoms with Gasteiger partial charge in [0.05, 0.1) is 16.6 Å². The van der Waals surface area contributed by atoms with Crippen LogP contribution in [0.4, 0.5) is 0 Å². The van der Waals surface area contributed by atoms with Gasteiger partial charge in [-0.3, -0.25) is 9.78 Å². The van der Waals surface area contributed by atoms with Gasteiger partial charge in [0.25, 0.3) is 0 Å². The molecule has 6 heteroatoms. The highest BCUT2D eigenvalue weighted by Gasteiger charge is 2.13. The van der Waals surface area contributed by atoms with Crippen LogP contribution in [0.3, 0.4) is 0 Å². The Morgan fingerprint density at radius 3 is 2.53 bits per heavy atom. The molecule has 5 rings (SSSR count). The SMILES string of the molecule is NC(=O)c1ccc2[nH]c(-c3ccc(C(O)c4cnc5ccccc5c4)cc3)nc2c1. The Balaban J connectivity index is 1.44. The number of carbonyl (C=O) groups excluding carboxylic acids is 1. The molecule has 0 radical (unpaired) electrons. The molecule has 0 spiro atoms. The number of hydrogen-bond acceptors (Lipinski definition) is 4. The zero-order valence-electron chi connectivity index (χ0n) is 15.9. The lowest BCUT2D eigenvalue weighted by Crippen LogP contribution is -2.10. The summed E-state index contributed by atoms with van der Waals surface area (Å²) in [5.74, 6) is 0.197. The highest BCUT2D eigenvalue weighted by Crippen LogP contribution is 2.27. The fraction of sp³-hybridized carbons (Fsp3) is 0.0417. The number of fused-ring (bicyclic) bond motifs is 2. The lowest BCUT2D eigenvalue weighted by Gasteiger charge is -2.12. The third-order valence-corrected chi connectivity index (χ3v) is 5.19. The van der Waals surface area contributed by atoms with Crippen molar-refractivity contribution < 1.29 is 9.90 Å². The first-order valence-corrected chi connectivity index (χ1v) is 9.51. The van der Waals surface area contributed by atoms with Crippen LogP contribution in [-0.2, 0) is 0 Å². The van der Waals surface area contributed by atoms with Crippen molar-refractivity contribution in [2.24, 2.45) is 5.73 Å². The van der Waals surface area contributed by atoms with E-state index in [0.717, 1.165) is 33.1 Å². The number of aromatic amines is 1. The van der Waals surface area contributed by atoms with Crippen molar-refractivity contribution in [2.45, 2.75) is 6.10 Å². The molecule has 0 aliphatic carbocycles. The van der Waals surface area contributed by atoms with E-state index in [9.17, 15) is 9.90 Å². The Kier molecular flexibility index (Phi) is 4.26. The third-order valence-electron chi connectivity index (χ3n) is 5.19. The quantitative estimate of drug-likeness (QED) is 0.429. The van der Waals surface area contributed by atoms with Crippen LogP contribution in [0, 0.1) is 0 Å². The van der Waals surface area contributed by atoms with Gasteiger partial charge in [-0.1, -0.05) is 42.5 Å². The molecule has 2 heterocycles. The second-order valence-corrected chi connectivity index (χ2v) is 7.17. The summed E-state index contributed by atoms with van der Waals surface area (Å²) < 4.78 is 0. The molecule has 2 aromatic heterocycles. The second-order valence-electron chi connectivity index (χ2n) is 7.17. The molecule has 0 fully saturated rings. The summed E-state index contributed by atoms with van der Waals surface area (Å²) in [6.45, 7) is 0. The van der Waals surface area contributed by atoms with E-state index in [1.807, 2.05) is 54.6 Å². The van der Waals surface area contributed by atoms with Crippen LogP contribution in [0.15, 0.2) is 79.0 Å². The molecule has 146 valence electrons. The van der Waals surface area contributed by atoms with Crippen molar-refractivity contribution in [1.82, 2.24) is 15.0 Å². The maximum Gasteiger partial charge on any atom is 0.248 e.